The molecule has 0 spiro atoms. The van der Waals surface area contributed by atoms with E-state index in [1.54, 1.807) is 6.26 Å². The molecule has 0 radical (unpaired) electrons. The van der Waals surface area contributed by atoms with Crippen LogP contribution in [0.4, 0.5) is 11.7 Å². The molecule has 0 atom stereocenters. The highest BCUT2D eigenvalue weighted by Crippen LogP contribution is 2.16. The van der Waals surface area contributed by atoms with E-state index in [0.717, 1.165) is 17.8 Å². The van der Waals surface area contributed by atoms with Gasteiger partial charge in [-0.1, -0.05) is 19.1 Å². The van der Waals surface area contributed by atoms with Crippen LogP contribution in [-0.2, 0) is 13.0 Å². The van der Waals surface area contributed by atoms with Gasteiger partial charge in [-0.15, -0.1) is 0 Å². The first-order chi connectivity index (χ1) is 7.81. The normalized spacial score (nSPS) is 10.4. The molecule has 2 rings (SSSR count). The SMILES string of the molecule is CCc1ccc(Nc2nc(CN)co2)cc1. The van der Waals surface area contributed by atoms with Crippen LogP contribution in [0.1, 0.15) is 18.2 Å². The number of aromatic nitrogens is 1. The first-order valence-corrected chi connectivity index (χ1v) is 5.32. The van der Waals surface area contributed by atoms with Crippen molar-refractivity contribution in [1.82, 2.24) is 4.98 Å². The molecule has 0 fully saturated rings. The van der Waals surface area contributed by atoms with E-state index in [1.807, 2.05) is 12.1 Å². The third-order valence-electron chi connectivity index (χ3n) is 2.37. The molecule has 0 saturated carbocycles. The first kappa shape index (κ1) is 10.7. The molecule has 0 amide bonds. The lowest BCUT2D eigenvalue weighted by Crippen LogP contribution is -1.97. The summed E-state index contributed by atoms with van der Waals surface area (Å²) in [6.07, 6.45) is 2.60. The molecule has 84 valence electrons. The molecule has 2 aromatic rings. The van der Waals surface area contributed by atoms with E-state index in [4.69, 9.17) is 10.2 Å². The number of nitrogens with two attached hydrogens (primary N) is 1. The van der Waals surface area contributed by atoms with Gasteiger partial charge < -0.3 is 15.5 Å². The van der Waals surface area contributed by atoms with Crippen LogP contribution < -0.4 is 11.1 Å². The van der Waals surface area contributed by atoms with Gasteiger partial charge in [-0.05, 0) is 24.1 Å². The molecule has 0 aliphatic carbocycles. The largest absolute Gasteiger partial charge is 0.432 e. The van der Waals surface area contributed by atoms with Gasteiger partial charge in [0.05, 0.1) is 5.69 Å². The Morgan fingerprint density at radius 1 is 1.31 bits per heavy atom. The Morgan fingerprint density at radius 3 is 2.62 bits per heavy atom. The number of anilines is 2. The fourth-order valence-corrected chi connectivity index (χ4v) is 1.41. The summed E-state index contributed by atoms with van der Waals surface area (Å²) in [6, 6.07) is 8.64. The zero-order valence-corrected chi connectivity index (χ0v) is 9.23. The average Bonchev–Trinajstić information content (AvgIpc) is 2.78. The number of benzene rings is 1. The molecule has 16 heavy (non-hydrogen) atoms. The van der Waals surface area contributed by atoms with Crippen LogP contribution in [0.2, 0.25) is 0 Å². The van der Waals surface area contributed by atoms with E-state index in [-0.39, 0.29) is 0 Å². The Morgan fingerprint density at radius 2 is 2.06 bits per heavy atom. The topological polar surface area (TPSA) is 64.1 Å². The number of oxazole rings is 1. The lowest BCUT2D eigenvalue weighted by molar-refractivity contribution is 0.576. The molecule has 1 heterocycles. The van der Waals surface area contributed by atoms with Gasteiger partial charge in [0.15, 0.2) is 0 Å². The van der Waals surface area contributed by atoms with E-state index in [9.17, 15) is 0 Å². The van der Waals surface area contributed by atoms with Crippen LogP contribution in [-0.4, -0.2) is 4.98 Å². The minimum atomic E-state index is 0.389. The van der Waals surface area contributed by atoms with Crippen molar-refractivity contribution in [2.45, 2.75) is 19.9 Å². The highest BCUT2D eigenvalue weighted by molar-refractivity contribution is 5.52. The quantitative estimate of drug-likeness (QED) is 0.825. The molecule has 1 aromatic heterocycles. The second-order valence-electron chi connectivity index (χ2n) is 3.52. The van der Waals surface area contributed by atoms with Gasteiger partial charge in [-0.2, -0.15) is 4.98 Å². The first-order valence-electron chi connectivity index (χ1n) is 5.32. The zero-order chi connectivity index (χ0) is 11.4. The minimum Gasteiger partial charge on any atom is -0.432 e. The maximum atomic E-state index is 5.44. The van der Waals surface area contributed by atoms with Crippen LogP contribution in [0.3, 0.4) is 0 Å². The number of aryl methyl sites for hydroxylation is 1. The molecule has 0 aliphatic heterocycles. The van der Waals surface area contributed by atoms with Gasteiger partial charge in [-0.3, -0.25) is 0 Å². The van der Waals surface area contributed by atoms with Gasteiger partial charge in [-0.25, -0.2) is 0 Å². The Labute approximate surface area is 94.5 Å². The molecule has 0 aliphatic rings. The third kappa shape index (κ3) is 2.41. The highest BCUT2D eigenvalue weighted by atomic mass is 16.4. The van der Waals surface area contributed by atoms with Crippen molar-refractivity contribution in [3.8, 4) is 0 Å². The van der Waals surface area contributed by atoms with Crippen molar-refractivity contribution in [3.05, 3.63) is 41.8 Å². The lowest BCUT2D eigenvalue weighted by atomic mass is 10.1. The van der Waals surface area contributed by atoms with E-state index in [2.05, 4.69) is 29.4 Å². The predicted molar refractivity (Wildman–Crippen MR) is 63.5 cm³/mol. The summed E-state index contributed by atoms with van der Waals surface area (Å²) in [5.74, 6) is 0. The van der Waals surface area contributed by atoms with E-state index >= 15 is 0 Å². The van der Waals surface area contributed by atoms with Gasteiger partial charge in [0.1, 0.15) is 6.26 Å². The number of hydrogen-bond acceptors (Lipinski definition) is 4. The second kappa shape index (κ2) is 4.81. The molecule has 4 heteroatoms. The highest BCUT2D eigenvalue weighted by Gasteiger charge is 2.02. The Bertz CT molecular complexity index is 448. The van der Waals surface area contributed by atoms with Crippen molar-refractivity contribution in [2.24, 2.45) is 5.73 Å². The molecule has 3 N–H and O–H groups in total. The predicted octanol–water partition coefficient (Wildman–Crippen LogP) is 2.44. The zero-order valence-electron chi connectivity index (χ0n) is 9.23. The molecular formula is C12H15N3O. The summed E-state index contributed by atoms with van der Waals surface area (Å²) in [6.45, 7) is 2.52. The lowest BCUT2D eigenvalue weighted by Gasteiger charge is -2.02. The number of hydrogen-bond donors (Lipinski definition) is 2. The minimum absolute atomic E-state index is 0.389. The fourth-order valence-electron chi connectivity index (χ4n) is 1.41. The van der Waals surface area contributed by atoms with Crippen molar-refractivity contribution >= 4 is 11.7 Å². The molecular weight excluding hydrogens is 202 g/mol. The number of nitrogens with one attached hydrogen (secondary N) is 1. The number of rotatable bonds is 4. The van der Waals surface area contributed by atoms with Crippen molar-refractivity contribution in [3.63, 3.8) is 0 Å². The number of nitrogens with zero attached hydrogens (tertiary/aromatic N) is 1. The van der Waals surface area contributed by atoms with E-state index in [1.165, 1.54) is 5.56 Å². The van der Waals surface area contributed by atoms with Crippen molar-refractivity contribution in [2.75, 3.05) is 5.32 Å². The Hall–Kier alpha value is -1.81. The van der Waals surface area contributed by atoms with Gasteiger partial charge in [0, 0.05) is 12.2 Å². The summed E-state index contributed by atoms with van der Waals surface area (Å²) in [5.41, 5.74) is 8.45. The maximum absolute atomic E-state index is 5.44. The molecule has 0 bridgehead atoms. The van der Waals surface area contributed by atoms with Crippen LogP contribution in [0.25, 0.3) is 0 Å². The monoisotopic (exact) mass is 217 g/mol. The van der Waals surface area contributed by atoms with E-state index < -0.39 is 0 Å². The van der Waals surface area contributed by atoms with Crippen molar-refractivity contribution < 1.29 is 4.42 Å². The second-order valence-corrected chi connectivity index (χ2v) is 3.52. The standard InChI is InChI=1S/C12H15N3O/c1-2-9-3-5-10(6-4-9)14-12-15-11(7-13)8-16-12/h3-6,8H,2,7,13H2,1H3,(H,14,15). The summed E-state index contributed by atoms with van der Waals surface area (Å²) in [4.78, 5) is 4.16. The smallest absolute Gasteiger partial charge is 0.299 e. The molecule has 0 unspecified atom stereocenters. The fraction of sp³-hybridized carbons (Fsp3) is 0.250. The Balaban J connectivity index is 2.08. The van der Waals surface area contributed by atoms with Crippen LogP contribution in [0.5, 0.6) is 0 Å². The average molecular weight is 217 g/mol. The molecule has 1 aromatic carbocycles. The van der Waals surface area contributed by atoms with Gasteiger partial charge in [0.25, 0.3) is 6.01 Å². The van der Waals surface area contributed by atoms with Crippen LogP contribution in [0, 0.1) is 0 Å². The summed E-state index contributed by atoms with van der Waals surface area (Å²) in [5, 5.41) is 3.08. The van der Waals surface area contributed by atoms with E-state index in [0.29, 0.717) is 12.6 Å². The third-order valence-corrected chi connectivity index (χ3v) is 2.37. The van der Waals surface area contributed by atoms with Crippen LogP contribution >= 0.6 is 0 Å². The maximum Gasteiger partial charge on any atom is 0.299 e. The molecule has 4 nitrogen and oxygen atoms in total. The Kier molecular flexibility index (Phi) is 3.22. The summed E-state index contributed by atoms with van der Waals surface area (Å²) in [7, 11) is 0. The van der Waals surface area contributed by atoms with Crippen LogP contribution in [0.15, 0.2) is 34.9 Å². The summed E-state index contributed by atoms with van der Waals surface area (Å²) >= 11 is 0. The molecule has 0 saturated heterocycles. The van der Waals surface area contributed by atoms with Gasteiger partial charge >= 0.3 is 0 Å². The van der Waals surface area contributed by atoms with Crippen molar-refractivity contribution in [1.29, 1.82) is 0 Å². The van der Waals surface area contributed by atoms with Gasteiger partial charge in [0.2, 0.25) is 0 Å². The summed E-state index contributed by atoms with van der Waals surface area (Å²) < 4.78 is 5.21.